The van der Waals surface area contributed by atoms with Crippen LogP contribution in [-0.2, 0) is 33.7 Å². The Balaban J connectivity index is 0.000000705. The van der Waals surface area contributed by atoms with Crippen LogP contribution in [0.25, 0.3) is 10.8 Å². The highest BCUT2D eigenvalue weighted by Gasteiger charge is 2.50. The average molecular weight is 745 g/mol. The van der Waals surface area contributed by atoms with E-state index in [9.17, 15) is 18.9 Å². The van der Waals surface area contributed by atoms with E-state index in [1.807, 2.05) is 72.8 Å². The number of piperazine rings is 1. The molecule has 4 aromatic rings. The number of likely N-dealkylation sites (N-methyl/N-ethyl adjacent to an activating group) is 1. The molecule has 2 heterocycles. The Hall–Kier alpha value is -4.78. The Morgan fingerprint density at radius 1 is 0.868 bits per heavy atom. The Kier molecular flexibility index (Phi) is 13.3. The van der Waals surface area contributed by atoms with Gasteiger partial charge in [0.25, 0.3) is 0 Å². The molecule has 2 fully saturated rings. The molecule has 4 amide bonds. The van der Waals surface area contributed by atoms with Crippen molar-refractivity contribution < 1.29 is 33.3 Å². The lowest BCUT2D eigenvalue weighted by Crippen LogP contribution is -2.76. The molecule has 2 atom stereocenters. The summed E-state index contributed by atoms with van der Waals surface area (Å²) in [7, 11) is -3.07. The van der Waals surface area contributed by atoms with Gasteiger partial charge in [0.15, 0.2) is 0 Å². The molecule has 0 spiro atoms. The summed E-state index contributed by atoms with van der Waals surface area (Å²) in [5.74, 6) is -0.578. The quantitative estimate of drug-likeness (QED) is 0.184. The van der Waals surface area contributed by atoms with Gasteiger partial charge in [-0.1, -0.05) is 106 Å². The van der Waals surface area contributed by atoms with E-state index < -0.39 is 26.1 Å². The van der Waals surface area contributed by atoms with Crippen LogP contribution in [0.2, 0.25) is 0 Å². The number of nitrogens with zero attached hydrogens (tertiary/aromatic N) is 5. The van der Waals surface area contributed by atoms with Gasteiger partial charge in [-0.25, -0.2) is 19.4 Å². The number of amides is 4. The van der Waals surface area contributed by atoms with Gasteiger partial charge in [-0.05, 0) is 59.2 Å². The van der Waals surface area contributed by atoms with Crippen molar-refractivity contribution in [3.8, 4) is 5.75 Å². The number of phosphoric ester groups is 1. The standard InChI is InChI=1S/C33H34N5O7P.C6H15N/c1-35-22-31(39)37-29(18-23-14-16-27(17-15-23)45-46(42,43)44)32(40)36(20-26-12-7-11-25-10-5-6-13-28(25)26)21-30(37)38(35)33(41)34-19-24-8-3-2-4-9-24;1-4-7(5-2)6-3/h2-17,29-30H,18-22H2,1H3,(H,34,41)(H2,42,43,44);4-6H2,1-3H3/t29-,30-;/m0./s1. The summed E-state index contributed by atoms with van der Waals surface area (Å²) < 4.78 is 15.9. The van der Waals surface area contributed by atoms with E-state index in [0.29, 0.717) is 5.56 Å². The molecule has 0 bridgehead atoms. The van der Waals surface area contributed by atoms with Gasteiger partial charge < -0.3 is 24.5 Å². The summed E-state index contributed by atoms with van der Waals surface area (Å²) in [6.45, 7) is 10.7. The fourth-order valence-electron chi connectivity index (χ4n) is 6.86. The van der Waals surface area contributed by atoms with Gasteiger partial charge in [0.1, 0.15) is 18.0 Å². The minimum absolute atomic E-state index is 0.0283. The molecule has 2 saturated heterocycles. The van der Waals surface area contributed by atoms with Crippen LogP contribution in [0, 0.1) is 0 Å². The second-order valence-corrected chi connectivity index (χ2v) is 14.2. The molecule has 282 valence electrons. The zero-order valence-electron chi connectivity index (χ0n) is 30.7. The van der Waals surface area contributed by atoms with Crippen LogP contribution in [0.5, 0.6) is 5.75 Å². The highest BCUT2D eigenvalue weighted by Crippen LogP contribution is 2.37. The summed E-state index contributed by atoms with van der Waals surface area (Å²) in [6.07, 6.45) is -0.663. The summed E-state index contributed by atoms with van der Waals surface area (Å²) in [5, 5.41) is 8.10. The Labute approximate surface area is 310 Å². The maximum atomic E-state index is 14.3. The molecule has 2 aliphatic heterocycles. The monoisotopic (exact) mass is 744 g/mol. The van der Waals surface area contributed by atoms with Crippen LogP contribution in [0.15, 0.2) is 97.1 Å². The van der Waals surface area contributed by atoms with Gasteiger partial charge in [-0.3, -0.25) is 19.4 Å². The predicted molar refractivity (Wildman–Crippen MR) is 203 cm³/mol. The number of hydrogen-bond acceptors (Lipinski definition) is 7. The Morgan fingerprint density at radius 2 is 1.51 bits per heavy atom. The third-order valence-electron chi connectivity index (χ3n) is 9.59. The van der Waals surface area contributed by atoms with Crippen molar-refractivity contribution in [2.24, 2.45) is 0 Å². The normalized spacial score (nSPS) is 17.8. The summed E-state index contributed by atoms with van der Waals surface area (Å²) in [5.41, 5.74) is 2.51. The molecule has 0 aromatic heterocycles. The van der Waals surface area contributed by atoms with Gasteiger partial charge >= 0.3 is 13.9 Å². The minimum Gasteiger partial charge on any atom is -0.404 e. The van der Waals surface area contributed by atoms with Crippen molar-refractivity contribution in [3.05, 3.63) is 114 Å². The van der Waals surface area contributed by atoms with Crippen LogP contribution in [0.4, 0.5) is 4.79 Å². The molecule has 2 aliphatic rings. The third kappa shape index (κ3) is 10.0. The van der Waals surface area contributed by atoms with Gasteiger partial charge in [0, 0.05) is 26.6 Å². The molecule has 4 aromatic carbocycles. The van der Waals surface area contributed by atoms with Crippen LogP contribution in [-0.4, -0.2) is 104 Å². The molecular formula is C39H49N6O7P. The number of carbonyl (C=O) groups is 3. The van der Waals surface area contributed by atoms with E-state index in [-0.39, 0.29) is 50.2 Å². The first-order valence-corrected chi connectivity index (χ1v) is 19.4. The molecule has 13 nitrogen and oxygen atoms in total. The van der Waals surface area contributed by atoms with Crippen molar-refractivity contribution in [2.75, 3.05) is 39.8 Å². The molecule has 0 radical (unpaired) electrons. The lowest BCUT2D eigenvalue weighted by molar-refractivity contribution is -0.187. The number of phosphoric acid groups is 1. The number of hydrazine groups is 1. The second-order valence-electron chi connectivity index (χ2n) is 13.0. The molecule has 6 rings (SSSR count). The molecule has 3 N–H and O–H groups in total. The largest absolute Gasteiger partial charge is 0.524 e. The zero-order valence-corrected chi connectivity index (χ0v) is 31.6. The highest BCUT2D eigenvalue weighted by atomic mass is 31.2. The van der Waals surface area contributed by atoms with E-state index in [0.717, 1.165) is 21.9 Å². The number of fused-ring (bicyclic) bond motifs is 2. The first-order valence-electron chi connectivity index (χ1n) is 17.9. The second kappa shape index (κ2) is 17.8. The summed E-state index contributed by atoms with van der Waals surface area (Å²) >= 11 is 0. The molecule has 0 unspecified atom stereocenters. The van der Waals surface area contributed by atoms with E-state index in [1.165, 1.54) is 41.7 Å². The number of carbonyl (C=O) groups excluding carboxylic acids is 3. The van der Waals surface area contributed by atoms with Crippen molar-refractivity contribution >= 4 is 36.4 Å². The number of hydrogen-bond donors (Lipinski definition) is 3. The van der Waals surface area contributed by atoms with Gasteiger partial charge in [-0.2, -0.15) is 0 Å². The van der Waals surface area contributed by atoms with E-state index in [2.05, 4.69) is 35.5 Å². The van der Waals surface area contributed by atoms with Crippen LogP contribution in [0.3, 0.4) is 0 Å². The van der Waals surface area contributed by atoms with Crippen LogP contribution < -0.4 is 9.84 Å². The molecule has 0 saturated carbocycles. The number of rotatable bonds is 11. The average Bonchev–Trinajstić information content (AvgIpc) is 3.14. The van der Waals surface area contributed by atoms with Crippen molar-refractivity contribution in [1.82, 2.24) is 30.0 Å². The maximum absolute atomic E-state index is 14.3. The fourth-order valence-corrected chi connectivity index (χ4v) is 7.25. The number of urea groups is 1. The topological polar surface area (TPSA) is 146 Å². The molecule has 53 heavy (non-hydrogen) atoms. The molecule has 0 aliphatic carbocycles. The van der Waals surface area contributed by atoms with Gasteiger partial charge in [0.05, 0.1) is 13.1 Å². The summed E-state index contributed by atoms with van der Waals surface area (Å²) in [4.78, 5) is 65.5. The highest BCUT2D eigenvalue weighted by molar-refractivity contribution is 7.46. The SMILES string of the molecule is CCN(CC)CC.CN1CC(=O)N2[C@@H](Cc3ccc(OP(=O)(O)O)cc3)C(=O)N(Cc3cccc4ccccc34)C[C@@H]2N1C(=O)NCc1ccccc1. The Morgan fingerprint density at radius 3 is 2.15 bits per heavy atom. The molecule has 14 heteroatoms. The first-order chi connectivity index (χ1) is 25.4. The van der Waals surface area contributed by atoms with Crippen LogP contribution in [0.1, 0.15) is 37.5 Å². The van der Waals surface area contributed by atoms with Crippen molar-refractivity contribution in [2.45, 2.75) is 52.5 Å². The first kappa shape index (κ1) is 39.4. The molecular weight excluding hydrogens is 695 g/mol. The van der Waals surface area contributed by atoms with Gasteiger partial charge in [0.2, 0.25) is 11.8 Å². The number of benzene rings is 4. The maximum Gasteiger partial charge on any atom is 0.524 e. The van der Waals surface area contributed by atoms with E-state index in [1.54, 1.807) is 29.1 Å². The summed E-state index contributed by atoms with van der Waals surface area (Å²) in [6, 6.07) is 28.0. The van der Waals surface area contributed by atoms with Crippen molar-refractivity contribution in [1.29, 1.82) is 0 Å². The smallest absolute Gasteiger partial charge is 0.404 e. The fraction of sp³-hybridized carbons (Fsp3) is 0.359. The lowest BCUT2D eigenvalue weighted by atomic mass is 9.97. The minimum atomic E-state index is -4.74. The lowest BCUT2D eigenvalue weighted by Gasteiger charge is -2.54. The third-order valence-corrected chi connectivity index (χ3v) is 10.0. The Bertz CT molecular complexity index is 1890. The van der Waals surface area contributed by atoms with Crippen LogP contribution >= 0.6 is 7.82 Å². The van der Waals surface area contributed by atoms with E-state index in [4.69, 9.17) is 9.79 Å². The number of nitrogens with one attached hydrogen (secondary N) is 1. The van der Waals surface area contributed by atoms with Gasteiger partial charge in [-0.15, -0.1) is 0 Å². The van der Waals surface area contributed by atoms with E-state index >= 15 is 0 Å². The zero-order chi connectivity index (χ0) is 38.1. The predicted octanol–water partition coefficient (Wildman–Crippen LogP) is 4.84. The van der Waals surface area contributed by atoms with Crippen molar-refractivity contribution in [3.63, 3.8) is 0 Å².